The number of aromatic nitrogens is 3. The van der Waals surface area contributed by atoms with Crippen molar-refractivity contribution >= 4 is 0 Å². The summed E-state index contributed by atoms with van der Waals surface area (Å²) in [6.45, 7) is 14.2. The molecule has 3 heterocycles. The van der Waals surface area contributed by atoms with Crippen molar-refractivity contribution in [3.63, 3.8) is 0 Å². The molecule has 0 spiro atoms. The molecule has 0 aliphatic carbocycles. The fourth-order valence-corrected chi connectivity index (χ4v) is 3.63. The Labute approximate surface area is 161 Å². The standard InChI is InChI=1S/C21H32N4O2/c1-15(2)20-17(22-14-27-20)13-24-10-8-16(9-11-24)12-25-19(26)7-6-18(23-25)21(3,4)5/h6-7,14-16H,8-13H2,1-5H3. The molecule has 0 saturated carbocycles. The molecule has 6 nitrogen and oxygen atoms in total. The first kappa shape index (κ1) is 19.8. The van der Waals surface area contributed by atoms with E-state index >= 15 is 0 Å². The minimum Gasteiger partial charge on any atom is -0.448 e. The van der Waals surface area contributed by atoms with Crippen molar-refractivity contribution in [2.24, 2.45) is 5.92 Å². The maximum Gasteiger partial charge on any atom is 0.266 e. The van der Waals surface area contributed by atoms with E-state index in [1.54, 1.807) is 17.1 Å². The van der Waals surface area contributed by atoms with Gasteiger partial charge in [0.05, 0.1) is 11.4 Å². The van der Waals surface area contributed by atoms with Crippen LogP contribution < -0.4 is 5.56 Å². The fourth-order valence-electron chi connectivity index (χ4n) is 3.63. The van der Waals surface area contributed by atoms with Crippen LogP contribution in [0.4, 0.5) is 0 Å². The van der Waals surface area contributed by atoms with Gasteiger partial charge in [-0.05, 0) is 37.9 Å². The lowest BCUT2D eigenvalue weighted by Crippen LogP contribution is -2.37. The number of nitrogens with zero attached hydrogens (tertiary/aromatic N) is 4. The van der Waals surface area contributed by atoms with Crippen LogP contribution in [0, 0.1) is 5.92 Å². The summed E-state index contributed by atoms with van der Waals surface area (Å²) in [6, 6.07) is 3.51. The summed E-state index contributed by atoms with van der Waals surface area (Å²) in [4.78, 5) is 19.1. The smallest absolute Gasteiger partial charge is 0.266 e. The summed E-state index contributed by atoms with van der Waals surface area (Å²) < 4.78 is 7.20. The fraction of sp³-hybridized carbons (Fsp3) is 0.667. The van der Waals surface area contributed by atoms with Crippen LogP contribution in [0.25, 0.3) is 0 Å². The molecule has 1 saturated heterocycles. The zero-order valence-corrected chi connectivity index (χ0v) is 17.2. The number of piperidine rings is 1. The predicted molar refractivity (Wildman–Crippen MR) is 106 cm³/mol. The Morgan fingerprint density at radius 3 is 2.56 bits per heavy atom. The Morgan fingerprint density at radius 2 is 1.93 bits per heavy atom. The normalized spacial score (nSPS) is 17.0. The molecule has 6 heteroatoms. The van der Waals surface area contributed by atoms with Gasteiger partial charge in [0, 0.05) is 30.5 Å². The predicted octanol–water partition coefficient (Wildman–Crippen LogP) is 3.56. The summed E-state index contributed by atoms with van der Waals surface area (Å²) >= 11 is 0. The molecule has 0 bridgehead atoms. The molecular formula is C21H32N4O2. The van der Waals surface area contributed by atoms with Crippen LogP contribution in [0.2, 0.25) is 0 Å². The number of hydrogen-bond donors (Lipinski definition) is 0. The van der Waals surface area contributed by atoms with Gasteiger partial charge in [-0.2, -0.15) is 5.10 Å². The monoisotopic (exact) mass is 372 g/mol. The molecular weight excluding hydrogens is 340 g/mol. The molecule has 0 amide bonds. The Kier molecular flexibility index (Phi) is 5.84. The largest absolute Gasteiger partial charge is 0.448 e. The number of likely N-dealkylation sites (tertiary alicyclic amines) is 1. The lowest BCUT2D eigenvalue weighted by molar-refractivity contribution is 0.161. The van der Waals surface area contributed by atoms with Gasteiger partial charge in [0.25, 0.3) is 5.56 Å². The second-order valence-corrected chi connectivity index (χ2v) is 9.03. The van der Waals surface area contributed by atoms with E-state index in [4.69, 9.17) is 4.42 Å². The van der Waals surface area contributed by atoms with Gasteiger partial charge in [0.2, 0.25) is 0 Å². The highest BCUT2D eigenvalue weighted by molar-refractivity contribution is 5.12. The summed E-state index contributed by atoms with van der Waals surface area (Å²) in [5, 5.41) is 4.62. The highest BCUT2D eigenvalue weighted by Gasteiger charge is 2.23. The van der Waals surface area contributed by atoms with E-state index in [1.165, 1.54) is 0 Å². The molecule has 0 unspecified atom stereocenters. The number of oxazole rings is 1. The number of rotatable bonds is 5. The van der Waals surface area contributed by atoms with Crippen LogP contribution in [0.3, 0.4) is 0 Å². The van der Waals surface area contributed by atoms with E-state index in [2.05, 4.69) is 49.6 Å². The second-order valence-electron chi connectivity index (χ2n) is 9.03. The first-order valence-corrected chi connectivity index (χ1v) is 9.97. The van der Waals surface area contributed by atoms with E-state index in [9.17, 15) is 4.79 Å². The van der Waals surface area contributed by atoms with E-state index in [-0.39, 0.29) is 11.0 Å². The van der Waals surface area contributed by atoms with Crippen molar-refractivity contribution < 1.29 is 4.42 Å². The average Bonchev–Trinajstić information content (AvgIpc) is 3.06. The van der Waals surface area contributed by atoms with Crippen LogP contribution in [0.1, 0.15) is 70.5 Å². The minimum absolute atomic E-state index is 0.00500. The zero-order chi connectivity index (χ0) is 19.6. The highest BCUT2D eigenvalue weighted by Crippen LogP contribution is 2.24. The molecule has 0 radical (unpaired) electrons. The summed E-state index contributed by atoms with van der Waals surface area (Å²) in [5.41, 5.74) is 1.96. The summed E-state index contributed by atoms with van der Waals surface area (Å²) in [7, 11) is 0. The maximum atomic E-state index is 12.2. The molecule has 2 aromatic rings. The van der Waals surface area contributed by atoms with Crippen LogP contribution in [-0.2, 0) is 18.5 Å². The quantitative estimate of drug-likeness (QED) is 0.803. The molecule has 0 atom stereocenters. The third-order valence-electron chi connectivity index (χ3n) is 5.34. The molecule has 2 aromatic heterocycles. The van der Waals surface area contributed by atoms with Crippen LogP contribution in [0.15, 0.2) is 27.7 Å². The molecule has 1 fully saturated rings. The van der Waals surface area contributed by atoms with Crippen molar-refractivity contribution in [3.8, 4) is 0 Å². The van der Waals surface area contributed by atoms with Crippen molar-refractivity contribution in [1.29, 1.82) is 0 Å². The van der Waals surface area contributed by atoms with Gasteiger partial charge in [-0.3, -0.25) is 9.69 Å². The zero-order valence-electron chi connectivity index (χ0n) is 17.2. The maximum absolute atomic E-state index is 12.2. The summed E-state index contributed by atoms with van der Waals surface area (Å²) in [6.07, 6.45) is 3.70. The van der Waals surface area contributed by atoms with E-state index in [0.29, 0.717) is 18.4 Å². The molecule has 27 heavy (non-hydrogen) atoms. The third-order valence-corrected chi connectivity index (χ3v) is 5.34. The van der Waals surface area contributed by atoms with Crippen LogP contribution >= 0.6 is 0 Å². The minimum atomic E-state index is -0.0511. The Morgan fingerprint density at radius 1 is 1.22 bits per heavy atom. The van der Waals surface area contributed by atoms with Gasteiger partial charge in [-0.15, -0.1) is 0 Å². The molecule has 148 valence electrons. The van der Waals surface area contributed by atoms with Crippen LogP contribution in [0.5, 0.6) is 0 Å². The van der Waals surface area contributed by atoms with Crippen molar-refractivity contribution in [2.75, 3.05) is 13.1 Å². The summed E-state index contributed by atoms with van der Waals surface area (Å²) in [5.74, 6) is 1.84. The second kappa shape index (κ2) is 7.97. The van der Waals surface area contributed by atoms with Crippen molar-refractivity contribution in [1.82, 2.24) is 19.7 Å². The van der Waals surface area contributed by atoms with Crippen LogP contribution in [-0.4, -0.2) is 32.8 Å². The molecule has 0 aromatic carbocycles. The van der Waals surface area contributed by atoms with Gasteiger partial charge in [-0.25, -0.2) is 9.67 Å². The van der Waals surface area contributed by atoms with Gasteiger partial charge in [0.15, 0.2) is 6.39 Å². The molecule has 1 aliphatic rings. The lowest BCUT2D eigenvalue weighted by atomic mass is 9.92. The first-order valence-electron chi connectivity index (χ1n) is 9.97. The van der Waals surface area contributed by atoms with Gasteiger partial charge < -0.3 is 4.42 Å². The van der Waals surface area contributed by atoms with Gasteiger partial charge in [-0.1, -0.05) is 34.6 Å². The third kappa shape index (κ3) is 4.86. The van der Waals surface area contributed by atoms with Crippen molar-refractivity contribution in [2.45, 2.75) is 71.9 Å². The van der Waals surface area contributed by atoms with E-state index in [0.717, 1.165) is 49.6 Å². The lowest BCUT2D eigenvalue weighted by Gasteiger charge is -2.31. The van der Waals surface area contributed by atoms with E-state index < -0.39 is 0 Å². The number of hydrogen-bond acceptors (Lipinski definition) is 5. The van der Waals surface area contributed by atoms with Gasteiger partial charge >= 0.3 is 0 Å². The molecule has 1 aliphatic heterocycles. The average molecular weight is 373 g/mol. The first-order chi connectivity index (χ1) is 12.7. The molecule has 3 rings (SSSR count). The molecule has 0 N–H and O–H groups in total. The van der Waals surface area contributed by atoms with E-state index in [1.807, 2.05) is 6.07 Å². The topological polar surface area (TPSA) is 64.2 Å². The Bertz CT molecular complexity index is 808. The Hall–Kier alpha value is -1.95. The van der Waals surface area contributed by atoms with Gasteiger partial charge in [0.1, 0.15) is 5.76 Å². The SMILES string of the molecule is CC(C)c1ocnc1CN1CCC(Cn2nc(C(C)(C)C)ccc2=O)CC1. The highest BCUT2D eigenvalue weighted by atomic mass is 16.3. The van der Waals surface area contributed by atoms with Crippen molar-refractivity contribution in [3.05, 3.63) is 46.0 Å². The Balaban J connectivity index is 1.59.